The van der Waals surface area contributed by atoms with E-state index in [0.29, 0.717) is 16.9 Å². The first-order valence-electron chi connectivity index (χ1n) is 5.78. The second-order valence-corrected chi connectivity index (χ2v) is 4.47. The Labute approximate surface area is 120 Å². The number of benzene rings is 2. The zero-order valence-electron chi connectivity index (χ0n) is 10.4. The predicted octanol–water partition coefficient (Wildman–Crippen LogP) is 2.73. The molecule has 4 N–H and O–H groups in total. The summed E-state index contributed by atoms with van der Waals surface area (Å²) in [5, 5.41) is 5.59. The summed E-state index contributed by atoms with van der Waals surface area (Å²) < 4.78 is 12.8. The molecule has 0 saturated carbocycles. The summed E-state index contributed by atoms with van der Waals surface area (Å²) in [5.74, 6) is -0.630. The monoisotopic (exact) mass is 289 g/mol. The molecule has 0 saturated heterocycles. The molecule has 0 fully saturated rings. The van der Waals surface area contributed by atoms with Gasteiger partial charge in [0, 0.05) is 16.9 Å². The Kier molecular flexibility index (Phi) is 4.27. The summed E-state index contributed by atoms with van der Waals surface area (Å²) in [6, 6.07) is 12.2. The highest BCUT2D eigenvalue weighted by Crippen LogP contribution is 2.13. The Hall–Kier alpha value is -2.47. The third kappa shape index (κ3) is 3.76. The molecule has 102 valence electrons. The van der Waals surface area contributed by atoms with Crippen molar-refractivity contribution in [3.8, 4) is 0 Å². The number of amides is 1. The highest BCUT2D eigenvalue weighted by atomic mass is 32.1. The molecule has 20 heavy (non-hydrogen) atoms. The summed E-state index contributed by atoms with van der Waals surface area (Å²) >= 11 is 4.72. The predicted molar refractivity (Wildman–Crippen MR) is 81.2 cm³/mol. The van der Waals surface area contributed by atoms with Gasteiger partial charge in [-0.05, 0) is 60.7 Å². The van der Waals surface area contributed by atoms with E-state index in [1.54, 1.807) is 24.3 Å². The first-order valence-corrected chi connectivity index (χ1v) is 6.19. The van der Waals surface area contributed by atoms with Gasteiger partial charge in [0.2, 0.25) is 0 Å². The van der Waals surface area contributed by atoms with Crippen molar-refractivity contribution in [2.75, 3.05) is 10.6 Å². The molecule has 2 aromatic carbocycles. The second kappa shape index (κ2) is 6.12. The van der Waals surface area contributed by atoms with Gasteiger partial charge in [-0.25, -0.2) is 4.39 Å². The Morgan fingerprint density at radius 3 is 2.00 bits per heavy atom. The molecule has 0 heterocycles. The average Bonchev–Trinajstić information content (AvgIpc) is 2.41. The number of thiocarbonyl (C=S) groups is 1. The van der Waals surface area contributed by atoms with E-state index in [0.717, 1.165) is 0 Å². The van der Waals surface area contributed by atoms with E-state index in [1.165, 1.54) is 24.3 Å². The molecular weight excluding hydrogens is 277 g/mol. The van der Waals surface area contributed by atoms with Crippen LogP contribution in [0.2, 0.25) is 0 Å². The first kappa shape index (κ1) is 14.0. The molecule has 2 aromatic rings. The van der Waals surface area contributed by atoms with Crippen molar-refractivity contribution in [2.45, 2.75) is 0 Å². The van der Waals surface area contributed by atoms with E-state index in [4.69, 9.17) is 18.0 Å². The number of halogens is 1. The molecule has 4 nitrogen and oxygen atoms in total. The highest BCUT2D eigenvalue weighted by molar-refractivity contribution is 7.80. The maximum atomic E-state index is 12.8. The van der Waals surface area contributed by atoms with E-state index in [2.05, 4.69) is 10.6 Å². The van der Waals surface area contributed by atoms with Gasteiger partial charge in [-0.1, -0.05) is 0 Å². The summed E-state index contributed by atoms with van der Waals surface area (Å²) in [6.45, 7) is 0. The lowest BCUT2D eigenvalue weighted by atomic mass is 10.2. The van der Waals surface area contributed by atoms with E-state index in [-0.39, 0.29) is 16.8 Å². The molecule has 2 rings (SSSR count). The highest BCUT2D eigenvalue weighted by Gasteiger charge is 2.06. The van der Waals surface area contributed by atoms with Gasteiger partial charge in [0.25, 0.3) is 5.91 Å². The van der Waals surface area contributed by atoms with Crippen LogP contribution in [0.1, 0.15) is 10.4 Å². The standard InChI is InChI=1S/C14H12FN3OS/c15-10-3-7-11(8-4-10)17-13(19)9-1-5-12(6-2-9)18-14(16)20/h1-8H,(H,17,19)(H3,16,18,20). The minimum Gasteiger partial charge on any atom is -0.376 e. The maximum Gasteiger partial charge on any atom is 0.255 e. The fourth-order valence-electron chi connectivity index (χ4n) is 1.58. The molecule has 0 aliphatic rings. The first-order chi connectivity index (χ1) is 9.54. The summed E-state index contributed by atoms with van der Waals surface area (Å²) in [5.41, 5.74) is 7.06. The number of hydrogen-bond acceptors (Lipinski definition) is 2. The van der Waals surface area contributed by atoms with Gasteiger partial charge in [0.15, 0.2) is 5.11 Å². The van der Waals surface area contributed by atoms with Gasteiger partial charge in [0.05, 0.1) is 0 Å². The van der Waals surface area contributed by atoms with Crippen LogP contribution in [0, 0.1) is 5.82 Å². The molecule has 0 spiro atoms. The Morgan fingerprint density at radius 2 is 1.45 bits per heavy atom. The number of nitrogens with one attached hydrogen (secondary N) is 2. The smallest absolute Gasteiger partial charge is 0.255 e. The second-order valence-electron chi connectivity index (χ2n) is 4.03. The third-order valence-corrected chi connectivity index (χ3v) is 2.62. The van der Waals surface area contributed by atoms with Gasteiger partial charge in [-0.15, -0.1) is 0 Å². The molecule has 0 aliphatic carbocycles. The largest absolute Gasteiger partial charge is 0.376 e. The summed E-state index contributed by atoms with van der Waals surface area (Å²) in [4.78, 5) is 12.0. The van der Waals surface area contributed by atoms with Crippen molar-refractivity contribution >= 4 is 34.6 Å². The van der Waals surface area contributed by atoms with Crippen LogP contribution in [-0.4, -0.2) is 11.0 Å². The SMILES string of the molecule is NC(=S)Nc1ccc(C(=O)Nc2ccc(F)cc2)cc1. The van der Waals surface area contributed by atoms with Crippen LogP contribution in [0.15, 0.2) is 48.5 Å². The number of hydrogen-bond donors (Lipinski definition) is 3. The number of rotatable bonds is 3. The zero-order valence-corrected chi connectivity index (χ0v) is 11.2. The van der Waals surface area contributed by atoms with Crippen molar-refractivity contribution < 1.29 is 9.18 Å². The topological polar surface area (TPSA) is 67.1 Å². The molecule has 0 bridgehead atoms. The number of carbonyl (C=O) groups excluding carboxylic acids is 1. The molecule has 0 unspecified atom stereocenters. The van der Waals surface area contributed by atoms with Gasteiger partial charge < -0.3 is 16.4 Å². The van der Waals surface area contributed by atoms with E-state index < -0.39 is 0 Å². The van der Waals surface area contributed by atoms with Crippen molar-refractivity contribution in [1.29, 1.82) is 0 Å². The van der Waals surface area contributed by atoms with Gasteiger partial charge in [-0.2, -0.15) is 0 Å². The lowest BCUT2D eigenvalue weighted by molar-refractivity contribution is 0.102. The van der Waals surface area contributed by atoms with E-state index in [1.807, 2.05) is 0 Å². The summed E-state index contributed by atoms with van der Waals surface area (Å²) in [6.07, 6.45) is 0. The molecule has 0 radical (unpaired) electrons. The summed E-state index contributed by atoms with van der Waals surface area (Å²) in [7, 11) is 0. The van der Waals surface area contributed by atoms with Crippen LogP contribution >= 0.6 is 12.2 Å². The van der Waals surface area contributed by atoms with Crippen LogP contribution < -0.4 is 16.4 Å². The van der Waals surface area contributed by atoms with Gasteiger partial charge >= 0.3 is 0 Å². The normalized spacial score (nSPS) is 9.85. The minimum atomic E-state index is -0.351. The number of nitrogens with two attached hydrogens (primary N) is 1. The van der Waals surface area contributed by atoms with E-state index in [9.17, 15) is 9.18 Å². The average molecular weight is 289 g/mol. The molecule has 0 atom stereocenters. The lowest BCUT2D eigenvalue weighted by Crippen LogP contribution is -2.19. The fourth-order valence-corrected chi connectivity index (χ4v) is 1.70. The number of anilines is 2. The molecule has 6 heteroatoms. The van der Waals surface area contributed by atoms with Crippen LogP contribution in [-0.2, 0) is 0 Å². The van der Waals surface area contributed by atoms with Crippen molar-refractivity contribution in [1.82, 2.24) is 0 Å². The quantitative estimate of drug-likeness (QED) is 0.760. The molecule has 0 aromatic heterocycles. The fraction of sp³-hybridized carbons (Fsp3) is 0. The van der Waals surface area contributed by atoms with Crippen LogP contribution in [0.5, 0.6) is 0 Å². The van der Waals surface area contributed by atoms with Crippen LogP contribution in [0.25, 0.3) is 0 Å². The van der Waals surface area contributed by atoms with E-state index >= 15 is 0 Å². The molecule has 0 aliphatic heterocycles. The van der Waals surface area contributed by atoms with Gasteiger partial charge in [0.1, 0.15) is 5.82 Å². The van der Waals surface area contributed by atoms with Gasteiger partial charge in [-0.3, -0.25) is 4.79 Å². The molecular formula is C14H12FN3OS. The van der Waals surface area contributed by atoms with Crippen molar-refractivity contribution in [2.24, 2.45) is 5.73 Å². The third-order valence-electron chi connectivity index (χ3n) is 2.52. The van der Waals surface area contributed by atoms with Crippen LogP contribution in [0.3, 0.4) is 0 Å². The Morgan fingerprint density at radius 1 is 0.950 bits per heavy atom. The number of carbonyl (C=O) groups is 1. The van der Waals surface area contributed by atoms with Crippen molar-refractivity contribution in [3.63, 3.8) is 0 Å². The Bertz CT molecular complexity index is 626. The van der Waals surface area contributed by atoms with Crippen molar-refractivity contribution in [3.05, 3.63) is 59.9 Å². The Balaban J connectivity index is 2.05. The maximum absolute atomic E-state index is 12.8. The minimum absolute atomic E-state index is 0.161. The lowest BCUT2D eigenvalue weighted by Gasteiger charge is -2.07. The zero-order chi connectivity index (χ0) is 14.5. The van der Waals surface area contributed by atoms with Crippen LogP contribution in [0.4, 0.5) is 15.8 Å². The molecule has 1 amide bonds.